The van der Waals surface area contributed by atoms with E-state index in [1.165, 1.54) is 6.42 Å². The summed E-state index contributed by atoms with van der Waals surface area (Å²) in [6.45, 7) is 9.53. The molecule has 0 aromatic rings. The molecule has 1 rings (SSSR count). The molecule has 0 aromatic heterocycles. The fraction of sp³-hybridized carbons (Fsp3) is 1.00. The van der Waals surface area contributed by atoms with Crippen LogP contribution in [-0.2, 0) is 18.2 Å². The van der Waals surface area contributed by atoms with Gasteiger partial charge in [0.1, 0.15) is 0 Å². The van der Waals surface area contributed by atoms with Crippen LogP contribution in [0.4, 0.5) is 0 Å². The average molecular weight is 324 g/mol. The molecule has 0 nitrogen and oxygen atoms in total. The third-order valence-electron chi connectivity index (χ3n) is 3.37. The first-order chi connectivity index (χ1) is 5.86. The molecule has 1 aliphatic carbocycles. The van der Waals surface area contributed by atoms with E-state index in [-0.39, 0.29) is 0 Å². The van der Waals surface area contributed by atoms with Crippen molar-refractivity contribution in [3.8, 4) is 0 Å². The van der Waals surface area contributed by atoms with Crippen molar-refractivity contribution < 1.29 is 18.2 Å². The van der Waals surface area contributed by atoms with Gasteiger partial charge in [0, 0.05) is 0 Å². The van der Waals surface area contributed by atoms with Crippen molar-refractivity contribution in [3.05, 3.63) is 0 Å². The van der Waals surface area contributed by atoms with Crippen molar-refractivity contribution in [2.45, 2.75) is 34.1 Å². The molecule has 4 heteroatoms. The van der Waals surface area contributed by atoms with E-state index in [1.807, 2.05) is 0 Å². The molecule has 0 amide bonds. The molecule has 0 radical (unpaired) electrons. The second-order valence-electron chi connectivity index (χ2n) is 4.12. The summed E-state index contributed by atoms with van der Waals surface area (Å²) in [5.74, 6) is 3.85. The Labute approximate surface area is 101 Å². The Morgan fingerprint density at radius 3 is 1.15 bits per heavy atom. The Morgan fingerprint density at radius 1 is 0.846 bits per heavy atom. The molecular weight excluding hydrogens is 306 g/mol. The minimum atomic E-state index is -2.13. The summed E-state index contributed by atoms with van der Waals surface area (Å²) in [4.78, 5) is 0. The zero-order valence-corrected chi connectivity index (χ0v) is 13.4. The standard InChI is InChI=1S/C9H18.3ClH.Zr/c1-6-5-7(2)9(4)8(6)3;;;;/h6-9H,5H2,1-4H3;3*1H;/q;;;;+3/p-3. The van der Waals surface area contributed by atoms with E-state index in [4.69, 9.17) is 25.5 Å². The Kier molecular flexibility index (Phi) is 8.05. The minimum absolute atomic E-state index is 0.958. The van der Waals surface area contributed by atoms with Gasteiger partial charge in [-0.05, 0) is 30.1 Å². The van der Waals surface area contributed by atoms with Crippen molar-refractivity contribution in [2.75, 3.05) is 0 Å². The van der Waals surface area contributed by atoms with Gasteiger partial charge in [0.25, 0.3) is 0 Å². The van der Waals surface area contributed by atoms with Gasteiger partial charge in [0.05, 0.1) is 0 Å². The molecule has 0 aromatic carbocycles. The van der Waals surface area contributed by atoms with Crippen LogP contribution in [0.15, 0.2) is 0 Å². The predicted molar refractivity (Wildman–Crippen MR) is 58.8 cm³/mol. The maximum absolute atomic E-state index is 5.00. The van der Waals surface area contributed by atoms with E-state index in [1.54, 1.807) is 0 Å². The van der Waals surface area contributed by atoms with Gasteiger partial charge in [-0.3, -0.25) is 0 Å². The van der Waals surface area contributed by atoms with Gasteiger partial charge in [0.15, 0.2) is 0 Å². The fourth-order valence-corrected chi connectivity index (χ4v) is 2.05. The van der Waals surface area contributed by atoms with Crippen LogP contribution < -0.4 is 0 Å². The molecule has 13 heavy (non-hydrogen) atoms. The molecule has 1 fully saturated rings. The van der Waals surface area contributed by atoms with Gasteiger partial charge in [0.2, 0.25) is 0 Å². The molecule has 79 valence electrons. The van der Waals surface area contributed by atoms with Crippen LogP contribution in [0.2, 0.25) is 0 Å². The number of halogens is 3. The van der Waals surface area contributed by atoms with Gasteiger partial charge in [-0.1, -0.05) is 27.7 Å². The molecule has 0 bridgehead atoms. The van der Waals surface area contributed by atoms with Crippen LogP contribution in [0.3, 0.4) is 0 Å². The monoisotopic (exact) mass is 321 g/mol. The zero-order valence-electron chi connectivity index (χ0n) is 8.65. The third kappa shape index (κ3) is 6.03. The van der Waals surface area contributed by atoms with E-state index in [9.17, 15) is 0 Å². The summed E-state index contributed by atoms with van der Waals surface area (Å²) in [5.41, 5.74) is 0. The van der Waals surface area contributed by atoms with Crippen molar-refractivity contribution in [1.29, 1.82) is 0 Å². The molecule has 1 aliphatic rings. The summed E-state index contributed by atoms with van der Waals surface area (Å²) in [6, 6.07) is 0. The van der Waals surface area contributed by atoms with Crippen LogP contribution in [0.5, 0.6) is 0 Å². The second kappa shape index (κ2) is 7.10. The Morgan fingerprint density at radius 2 is 1.08 bits per heavy atom. The topological polar surface area (TPSA) is 0 Å². The molecule has 0 saturated heterocycles. The molecule has 4 atom stereocenters. The normalized spacial score (nSPS) is 38.1. The SMILES string of the molecule is CC1CC(C)C(C)C1C.[Cl][Zr]([Cl])[Cl]. The molecule has 0 aliphatic heterocycles. The van der Waals surface area contributed by atoms with Crippen molar-refractivity contribution >= 4 is 25.5 Å². The second-order valence-corrected chi connectivity index (χ2v) is 15.3. The van der Waals surface area contributed by atoms with Gasteiger partial charge < -0.3 is 0 Å². The van der Waals surface area contributed by atoms with Gasteiger partial charge >= 0.3 is 43.7 Å². The van der Waals surface area contributed by atoms with Crippen LogP contribution in [0.1, 0.15) is 34.1 Å². The van der Waals surface area contributed by atoms with Crippen LogP contribution >= 0.6 is 25.5 Å². The number of hydrogen-bond acceptors (Lipinski definition) is 0. The van der Waals surface area contributed by atoms with Crippen molar-refractivity contribution in [2.24, 2.45) is 23.7 Å². The third-order valence-corrected chi connectivity index (χ3v) is 3.37. The predicted octanol–water partition coefficient (Wildman–Crippen LogP) is 5.00. The molecule has 0 spiro atoms. The molecule has 0 heterocycles. The van der Waals surface area contributed by atoms with E-state index in [2.05, 4.69) is 27.7 Å². The summed E-state index contributed by atoms with van der Waals surface area (Å²) >= 11 is -2.13. The van der Waals surface area contributed by atoms with Crippen molar-refractivity contribution in [3.63, 3.8) is 0 Å². The quantitative estimate of drug-likeness (QED) is 0.588. The van der Waals surface area contributed by atoms with Crippen molar-refractivity contribution in [1.82, 2.24) is 0 Å². The summed E-state index contributed by atoms with van der Waals surface area (Å²) in [6.07, 6.45) is 1.45. The van der Waals surface area contributed by atoms with Gasteiger partial charge in [-0.25, -0.2) is 0 Å². The Hall–Kier alpha value is 1.75. The Balaban J connectivity index is 0.000000310. The van der Waals surface area contributed by atoms with E-state index >= 15 is 0 Å². The Bertz CT molecular complexity index is 126. The summed E-state index contributed by atoms with van der Waals surface area (Å²) < 4.78 is 0. The van der Waals surface area contributed by atoms with Gasteiger partial charge in [-0.15, -0.1) is 0 Å². The first-order valence-corrected chi connectivity index (χ1v) is 14.2. The summed E-state index contributed by atoms with van der Waals surface area (Å²) in [7, 11) is 15.0. The maximum atomic E-state index is 5.00. The average Bonchev–Trinajstić information content (AvgIpc) is 2.17. The molecule has 0 N–H and O–H groups in total. The number of rotatable bonds is 0. The zero-order chi connectivity index (χ0) is 10.6. The van der Waals surface area contributed by atoms with Crippen LogP contribution in [0, 0.1) is 23.7 Å². The van der Waals surface area contributed by atoms with E-state index in [0.717, 1.165) is 23.7 Å². The van der Waals surface area contributed by atoms with Crippen LogP contribution in [0.25, 0.3) is 0 Å². The first-order valence-electron chi connectivity index (χ1n) is 4.69. The first kappa shape index (κ1) is 14.8. The fourth-order valence-electron chi connectivity index (χ4n) is 2.05. The molecule has 1 saturated carbocycles. The summed E-state index contributed by atoms with van der Waals surface area (Å²) in [5, 5.41) is 0. The van der Waals surface area contributed by atoms with E-state index in [0.29, 0.717) is 0 Å². The van der Waals surface area contributed by atoms with E-state index < -0.39 is 18.2 Å². The number of hydrogen-bond donors (Lipinski definition) is 0. The van der Waals surface area contributed by atoms with Gasteiger partial charge in [-0.2, -0.15) is 0 Å². The van der Waals surface area contributed by atoms with Crippen LogP contribution in [-0.4, -0.2) is 0 Å². The molecular formula is C9H18Cl3Zr. The molecule has 4 unspecified atom stereocenters.